The van der Waals surface area contributed by atoms with Gasteiger partial charge in [0.05, 0.1) is 6.10 Å². The number of amides is 1. The molecule has 1 fully saturated rings. The molecular weight excluding hydrogens is 368 g/mol. The quantitative estimate of drug-likeness (QED) is 0.356. The number of carbonyl (C=O) groups excluding carboxylic acids is 1. The highest BCUT2D eigenvalue weighted by Crippen LogP contribution is 2.14. The Morgan fingerprint density at radius 2 is 2.03 bits per heavy atom. The number of methoxy groups -OCH3 is 1. The summed E-state index contributed by atoms with van der Waals surface area (Å²) in [6.07, 6.45) is 4.09. The number of likely N-dealkylation sites (tertiary alicyclic amines) is 1. The molecule has 0 radical (unpaired) electrons. The summed E-state index contributed by atoms with van der Waals surface area (Å²) in [7, 11) is 1.71. The van der Waals surface area contributed by atoms with Gasteiger partial charge in [-0.15, -0.1) is 0 Å². The average Bonchev–Trinajstić information content (AvgIpc) is 2.75. The van der Waals surface area contributed by atoms with E-state index in [1.54, 1.807) is 7.11 Å². The van der Waals surface area contributed by atoms with E-state index in [0.29, 0.717) is 6.10 Å². The van der Waals surface area contributed by atoms with Crippen molar-refractivity contribution in [3.63, 3.8) is 0 Å². The number of anilines is 1. The monoisotopic (exact) mass is 404 g/mol. The number of nitrogens with one attached hydrogen (secondary N) is 2. The summed E-state index contributed by atoms with van der Waals surface area (Å²) in [6.45, 7) is 8.24. The van der Waals surface area contributed by atoms with Crippen molar-refractivity contribution in [1.29, 1.82) is 0 Å². The lowest BCUT2D eigenvalue weighted by molar-refractivity contribution is -0.114. The molecule has 0 saturated carbocycles. The van der Waals surface area contributed by atoms with Crippen LogP contribution in [0.25, 0.3) is 0 Å². The smallest absolute Gasteiger partial charge is 0.246 e. The summed E-state index contributed by atoms with van der Waals surface area (Å²) < 4.78 is 11.0. The number of hydrogen-bond donors (Lipinski definition) is 2. The number of aryl methyl sites for hydroxylation is 1. The molecule has 0 atom stereocenters. The lowest BCUT2D eigenvalue weighted by Crippen LogP contribution is -2.47. The first kappa shape index (κ1) is 23.2. The molecule has 29 heavy (non-hydrogen) atoms. The fourth-order valence-corrected chi connectivity index (χ4v) is 3.33. The van der Waals surface area contributed by atoms with Crippen LogP contribution in [0, 0.1) is 0 Å². The van der Waals surface area contributed by atoms with Gasteiger partial charge >= 0.3 is 0 Å². The molecule has 0 spiro atoms. The van der Waals surface area contributed by atoms with E-state index >= 15 is 0 Å². The first-order valence-corrected chi connectivity index (χ1v) is 10.7. The maximum absolute atomic E-state index is 12.3. The number of aliphatic imine (C=N–C) groups is 1. The van der Waals surface area contributed by atoms with Gasteiger partial charge in [0.15, 0.2) is 5.96 Å². The van der Waals surface area contributed by atoms with Crippen molar-refractivity contribution in [2.45, 2.75) is 45.6 Å². The van der Waals surface area contributed by atoms with Gasteiger partial charge in [-0.1, -0.05) is 19.1 Å². The van der Waals surface area contributed by atoms with Crippen LogP contribution < -0.4 is 10.6 Å². The van der Waals surface area contributed by atoms with Crippen molar-refractivity contribution in [1.82, 2.24) is 10.2 Å². The summed E-state index contributed by atoms with van der Waals surface area (Å²) in [4.78, 5) is 19.1. The molecule has 2 rings (SSSR count). The first-order valence-electron chi connectivity index (χ1n) is 10.7. The van der Waals surface area contributed by atoms with Crippen molar-refractivity contribution in [3.8, 4) is 0 Å². The largest absolute Gasteiger partial charge is 0.385 e. The van der Waals surface area contributed by atoms with Gasteiger partial charge in [0.2, 0.25) is 5.91 Å². The standard InChI is InChI=1S/C22H36N4O3/c1-4-18-8-6-9-19(16-18)25-21(27)17-24-22(23-5-2)26-12-10-20(11-13-26)29-15-7-14-28-3/h6,8-9,16,20H,4-5,7,10-15,17H2,1-3H3,(H,23,24)(H,25,27). The number of rotatable bonds is 10. The first-order chi connectivity index (χ1) is 14.2. The van der Waals surface area contributed by atoms with Gasteiger partial charge < -0.3 is 25.0 Å². The molecule has 0 aromatic heterocycles. The van der Waals surface area contributed by atoms with Gasteiger partial charge in [0, 0.05) is 45.6 Å². The molecule has 1 aromatic rings. The van der Waals surface area contributed by atoms with Crippen molar-refractivity contribution >= 4 is 17.6 Å². The van der Waals surface area contributed by atoms with Crippen molar-refractivity contribution in [2.24, 2.45) is 4.99 Å². The average molecular weight is 405 g/mol. The van der Waals surface area contributed by atoms with E-state index in [1.807, 2.05) is 25.1 Å². The zero-order valence-corrected chi connectivity index (χ0v) is 18.1. The van der Waals surface area contributed by atoms with Crippen molar-refractivity contribution in [2.75, 3.05) is 51.8 Å². The van der Waals surface area contributed by atoms with Crippen LogP contribution in [0.15, 0.2) is 29.3 Å². The number of nitrogens with zero attached hydrogens (tertiary/aromatic N) is 2. The van der Waals surface area contributed by atoms with Gasteiger partial charge in [-0.2, -0.15) is 0 Å². The summed E-state index contributed by atoms with van der Waals surface area (Å²) in [5.74, 6) is 0.688. The molecule has 1 heterocycles. The molecule has 2 N–H and O–H groups in total. The number of carbonyl (C=O) groups is 1. The fourth-order valence-electron chi connectivity index (χ4n) is 3.33. The molecule has 1 aromatic carbocycles. The van der Waals surface area contributed by atoms with Crippen molar-refractivity contribution < 1.29 is 14.3 Å². The second kappa shape index (κ2) is 13.2. The molecule has 0 bridgehead atoms. The van der Waals surface area contributed by atoms with Crippen molar-refractivity contribution in [3.05, 3.63) is 29.8 Å². The highest BCUT2D eigenvalue weighted by atomic mass is 16.5. The lowest BCUT2D eigenvalue weighted by atomic mass is 10.1. The van der Waals surface area contributed by atoms with E-state index in [4.69, 9.17) is 9.47 Å². The number of benzene rings is 1. The number of piperidine rings is 1. The minimum absolute atomic E-state index is 0.103. The molecule has 162 valence electrons. The fraction of sp³-hybridized carbons (Fsp3) is 0.636. The predicted molar refractivity (Wildman–Crippen MR) is 117 cm³/mol. The van der Waals surface area contributed by atoms with Crippen LogP contribution in [0.5, 0.6) is 0 Å². The zero-order valence-electron chi connectivity index (χ0n) is 18.1. The Balaban J connectivity index is 1.82. The van der Waals surface area contributed by atoms with E-state index < -0.39 is 0 Å². The van der Waals surface area contributed by atoms with Crippen LogP contribution in [0.2, 0.25) is 0 Å². The van der Waals surface area contributed by atoms with Crippen LogP contribution in [0.1, 0.15) is 38.7 Å². The molecule has 1 amide bonds. The third-order valence-corrected chi connectivity index (χ3v) is 4.91. The van der Waals surface area contributed by atoms with Gasteiger partial charge in [0.25, 0.3) is 0 Å². The molecule has 1 aliphatic rings. The van der Waals surface area contributed by atoms with Gasteiger partial charge in [-0.3, -0.25) is 4.79 Å². The summed E-state index contributed by atoms with van der Waals surface area (Å²) in [5, 5.41) is 6.24. The Morgan fingerprint density at radius 1 is 1.24 bits per heavy atom. The highest BCUT2D eigenvalue weighted by molar-refractivity contribution is 5.94. The SMILES string of the molecule is CCNC(=NCC(=O)Nc1cccc(CC)c1)N1CCC(OCCCOC)CC1. The van der Waals surface area contributed by atoms with Crippen LogP contribution in [-0.2, 0) is 20.7 Å². The summed E-state index contributed by atoms with van der Waals surface area (Å²) in [6, 6.07) is 7.93. The van der Waals surface area contributed by atoms with E-state index in [2.05, 4.69) is 33.5 Å². The van der Waals surface area contributed by atoms with Gasteiger partial charge in [0.1, 0.15) is 6.54 Å². The van der Waals surface area contributed by atoms with Gasteiger partial charge in [-0.05, 0) is 50.3 Å². The van der Waals surface area contributed by atoms with E-state index in [1.165, 1.54) is 5.56 Å². The second-order valence-corrected chi connectivity index (χ2v) is 7.18. The van der Waals surface area contributed by atoms with E-state index in [-0.39, 0.29) is 12.5 Å². The third kappa shape index (κ3) is 8.41. The molecule has 0 aliphatic carbocycles. The normalized spacial score (nSPS) is 15.4. The van der Waals surface area contributed by atoms with Crippen LogP contribution in [0.3, 0.4) is 0 Å². The minimum atomic E-state index is -0.106. The molecule has 7 heteroatoms. The Hall–Kier alpha value is -2.12. The molecule has 1 saturated heterocycles. The van der Waals surface area contributed by atoms with E-state index in [0.717, 1.165) is 70.2 Å². The number of ether oxygens (including phenoxy) is 2. The summed E-state index contributed by atoms with van der Waals surface area (Å²) in [5.41, 5.74) is 2.02. The van der Waals surface area contributed by atoms with Crippen LogP contribution in [-0.4, -0.2) is 69.4 Å². The maximum atomic E-state index is 12.3. The number of hydrogen-bond acceptors (Lipinski definition) is 4. The third-order valence-electron chi connectivity index (χ3n) is 4.91. The Bertz CT molecular complexity index is 643. The van der Waals surface area contributed by atoms with Crippen LogP contribution >= 0.6 is 0 Å². The summed E-state index contributed by atoms with van der Waals surface area (Å²) >= 11 is 0. The molecular formula is C22H36N4O3. The molecule has 0 unspecified atom stereocenters. The van der Waals surface area contributed by atoms with Gasteiger partial charge in [-0.25, -0.2) is 4.99 Å². The Labute approximate surface area is 174 Å². The lowest BCUT2D eigenvalue weighted by Gasteiger charge is -2.34. The molecule has 7 nitrogen and oxygen atoms in total. The molecule has 1 aliphatic heterocycles. The number of guanidine groups is 1. The zero-order chi connectivity index (χ0) is 20.9. The Kier molecular flexibility index (Phi) is 10.5. The Morgan fingerprint density at radius 3 is 2.72 bits per heavy atom. The maximum Gasteiger partial charge on any atom is 0.246 e. The highest BCUT2D eigenvalue weighted by Gasteiger charge is 2.22. The topological polar surface area (TPSA) is 75.2 Å². The predicted octanol–water partition coefficient (Wildman–Crippen LogP) is 2.67. The van der Waals surface area contributed by atoms with Crippen LogP contribution in [0.4, 0.5) is 5.69 Å². The van der Waals surface area contributed by atoms with E-state index in [9.17, 15) is 4.79 Å². The second-order valence-electron chi connectivity index (χ2n) is 7.18. The minimum Gasteiger partial charge on any atom is -0.385 e.